The molecular formula is C17H24N2O2. The molecule has 0 aliphatic heterocycles. The number of aryl methyl sites for hydroxylation is 1. The molecule has 1 aromatic carbocycles. The lowest BCUT2D eigenvalue weighted by Gasteiger charge is -2.19. The summed E-state index contributed by atoms with van der Waals surface area (Å²) in [6, 6.07) is 8.00. The molecule has 0 bridgehead atoms. The number of ether oxygens (including phenoxy) is 1. The molecule has 1 unspecified atom stereocenters. The summed E-state index contributed by atoms with van der Waals surface area (Å²) in [6.45, 7) is 9.39. The maximum absolute atomic E-state index is 12.5. The fourth-order valence-corrected chi connectivity index (χ4v) is 2.71. The topological polar surface area (TPSA) is 44.1 Å². The summed E-state index contributed by atoms with van der Waals surface area (Å²) in [5, 5.41) is 0. The average molecular weight is 288 g/mol. The second kappa shape index (κ2) is 6.85. The number of rotatable bonds is 7. The van der Waals surface area contributed by atoms with Gasteiger partial charge in [0, 0.05) is 13.2 Å². The molecule has 0 aliphatic rings. The molecule has 114 valence electrons. The highest BCUT2D eigenvalue weighted by Gasteiger charge is 2.24. The van der Waals surface area contributed by atoms with E-state index in [9.17, 15) is 4.79 Å². The van der Waals surface area contributed by atoms with Crippen molar-refractivity contribution in [3.8, 4) is 0 Å². The van der Waals surface area contributed by atoms with Crippen LogP contribution in [0, 0.1) is 5.92 Å². The third kappa shape index (κ3) is 3.32. The van der Waals surface area contributed by atoms with E-state index >= 15 is 0 Å². The van der Waals surface area contributed by atoms with E-state index in [2.05, 4.69) is 16.5 Å². The quantitative estimate of drug-likeness (QED) is 0.785. The van der Waals surface area contributed by atoms with Crippen LogP contribution in [0.4, 0.5) is 0 Å². The van der Waals surface area contributed by atoms with E-state index in [4.69, 9.17) is 4.74 Å². The minimum atomic E-state index is -0.347. The van der Waals surface area contributed by atoms with E-state index in [1.807, 2.05) is 45.0 Å². The second-order valence-electron chi connectivity index (χ2n) is 5.52. The van der Waals surface area contributed by atoms with Crippen molar-refractivity contribution in [1.29, 1.82) is 0 Å². The van der Waals surface area contributed by atoms with Gasteiger partial charge >= 0.3 is 0 Å². The van der Waals surface area contributed by atoms with Crippen molar-refractivity contribution in [1.82, 2.24) is 9.55 Å². The van der Waals surface area contributed by atoms with Crippen molar-refractivity contribution < 1.29 is 9.53 Å². The van der Waals surface area contributed by atoms with Crippen LogP contribution in [-0.2, 0) is 22.5 Å². The fraction of sp³-hybridized carbons (Fsp3) is 0.529. The van der Waals surface area contributed by atoms with Crippen LogP contribution < -0.4 is 0 Å². The number of ketones is 1. The maximum Gasteiger partial charge on any atom is 0.169 e. The van der Waals surface area contributed by atoms with Crippen molar-refractivity contribution in [3.05, 3.63) is 30.1 Å². The molecule has 1 atom stereocenters. The normalized spacial score (nSPS) is 13.0. The maximum atomic E-state index is 12.5. The molecule has 2 aromatic rings. The summed E-state index contributed by atoms with van der Waals surface area (Å²) >= 11 is 0. The Morgan fingerprint density at radius 2 is 2.00 bits per heavy atom. The van der Waals surface area contributed by atoms with Gasteiger partial charge in [-0.2, -0.15) is 0 Å². The highest BCUT2D eigenvalue weighted by Crippen LogP contribution is 2.18. The van der Waals surface area contributed by atoms with Crippen LogP contribution >= 0.6 is 0 Å². The summed E-state index contributed by atoms with van der Waals surface area (Å²) < 4.78 is 7.71. The van der Waals surface area contributed by atoms with E-state index in [0.717, 1.165) is 23.4 Å². The molecule has 1 heterocycles. The molecule has 21 heavy (non-hydrogen) atoms. The number of aromatic nitrogens is 2. The Morgan fingerprint density at radius 3 is 2.62 bits per heavy atom. The summed E-state index contributed by atoms with van der Waals surface area (Å²) in [6.07, 6.45) is -0.0223. The summed E-state index contributed by atoms with van der Waals surface area (Å²) in [7, 11) is 0. The molecule has 2 rings (SSSR count). The number of imidazole rings is 1. The summed E-state index contributed by atoms with van der Waals surface area (Å²) in [5.74, 6) is 1.11. The number of hydrogen-bond acceptors (Lipinski definition) is 3. The molecule has 0 saturated heterocycles. The molecule has 1 aromatic heterocycles. The van der Waals surface area contributed by atoms with Gasteiger partial charge in [-0.25, -0.2) is 4.98 Å². The minimum absolute atomic E-state index is 0.108. The lowest BCUT2D eigenvalue weighted by Crippen LogP contribution is -2.31. The number of carbonyl (C=O) groups excluding carboxylic acids is 1. The number of hydrogen-bond donors (Lipinski definition) is 0. The zero-order valence-electron chi connectivity index (χ0n) is 13.3. The van der Waals surface area contributed by atoms with Gasteiger partial charge in [-0.1, -0.05) is 26.0 Å². The van der Waals surface area contributed by atoms with Crippen LogP contribution in [0.5, 0.6) is 0 Å². The van der Waals surface area contributed by atoms with E-state index < -0.39 is 0 Å². The van der Waals surface area contributed by atoms with Crippen LogP contribution in [-0.4, -0.2) is 28.0 Å². The van der Waals surface area contributed by atoms with Gasteiger partial charge in [0.15, 0.2) is 5.78 Å². The summed E-state index contributed by atoms with van der Waals surface area (Å²) in [5.41, 5.74) is 2.03. The molecule has 0 N–H and O–H groups in total. The largest absolute Gasteiger partial charge is 0.370 e. The molecule has 0 fully saturated rings. The Balaban J connectivity index is 2.28. The second-order valence-corrected chi connectivity index (χ2v) is 5.52. The predicted molar refractivity (Wildman–Crippen MR) is 84.4 cm³/mol. The number of benzene rings is 1. The number of para-hydroxylation sites is 2. The molecule has 0 spiro atoms. The van der Waals surface area contributed by atoms with E-state index in [1.165, 1.54) is 0 Å². The fourth-order valence-electron chi connectivity index (χ4n) is 2.71. The first kappa shape index (κ1) is 15.7. The first-order valence-corrected chi connectivity index (χ1v) is 7.66. The van der Waals surface area contributed by atoms with Crippen LogP contribution in [0.3, 0.4) is 0 Å². The predicted octanol–water partition coefficient (Wildman–Crippen LogP) is 3.23. The van der Waals surface area contributed by atoms with Gasteiger partial charge in [-0.05, 0) is 31.9 Å². The van der Waals surface area contributed by atoms with E-state index in [0.29, 0.717) is 13.0 Å². The van der Waals surface area contributed by atoms with Crippen LogP contribution in [0.15, 0.2) is 24.3 Å². The zero-order chi connectivity index (χ0) is 15.4. The SMILES string of the molecule is CCOC(C(=O)Cc1nc2ccccc2n1CC)C(C)C. The molecule has 0 amide bonds. The Morgan fingerprint density at radius 1 is 1.29 bits per heavy atom. The van der Waals surface area contributed by atoms with Crippen molar-refractivity contribution >= 4 is 16.8 Å². The molecular weight excluding hydrogens is 264 g/mol. The highest BCUT2D eigenvalue weighted by atomic mass is 16.5. The number of carbonyl (C=O) groups is 1. The summed E-state index contributed by atoms with van der Waals surface area (Å²) in [4.78, 5) is 17.1. The van der Waals surface area contributed by atoms with Crippen molar-refractivity contribution in [2.75, 3.05) is 6.61 Å². The Bertz CT molecular complexity index is 616. The third-order valence-electron chi connectivity index (χ3n) is 3.65. The lowest BCUT2D eigenvalue weighted by atomic mass is 10.0. The molecule has 0 saturated carbocycles. The van der Waals surface area contributed by atoms with Gasteiger partial charge in [-0.3, -0.25) is 4.79 Å². The Kier molecular flexibility index (Phi) is 5.12. The monoisotopic (exact) mass is 288 g/mol. The molecule has 4 nitrogen and oxygen atoms in total. The lowest BCUT2D eigenvalue weighted by molar-refractivity contribution is -0.132. The number of fused-ring (bicyclic) bond motifs is 1. The van der Waals surface area contributed by atoms with Gasteiger partial charge in [0.25, 0.3) is 0 Å². The Labute approximate surface area is 126 Å². The molecule has 0 aliphatic carbocycles. The zero-order valence-corrected chi connectivity index (χ0v) is 13.3. The van der Waals surface area contributed by atoms with Crippen LogP contribution in [0.1, 0.15) is 33.5 Å². The van der Waals surface area contributed by atoms with Gasteiger partial charge in [0.2, 0.25) is 0 Å². The number of Topliss-reactive ketones (excluding diaryl/α,β-unsaturated/α-hetero) is 1. The van der Waals surface area contributed by atoms with Crippen molar-refractivity contribution in [3.63, 3.8) is 0 Å². The first-order chi connectivity index (χ1) is 10.1. The number of nitrogens with zero attached hydrogens (tertiary/aromatic N) is 2. The van der Waals surface area contributed by atoms with Crippen molar-refractivity contribution in [2.24, 2.45) is 5.92 Å². The van der Waals surface area contributed by atoms with Crippen LogP contribution in [0.25, 0.3) is 11.0 Å². The smallest absolute Gasteiger partial charge is 0.169 e. The van der Waals surface area contributed by atoms with E-state index in [-0.39, 0.29) is 17.8 Å². The van der Waals surface area contributed by atoms with Crippen molar-refractivity contribution in [2.45, 2.75) is 46.8 Å². The van der Waals surface area contributed by atoms with Gasteiger partial charge in [0.05, 0.1) is 17.5 Å². The first-order valence-electron chi connectivity index (χ1n) is 7.66. The molecule has 0 radical (unpaired) electrons. The molecule has 4 heteroatoms. The average Bonchev–Trinajstić information content (AvgIpc) is 2.81. The van der Waals surface area contributed by atoms with Crippen LogP contribution in [0.2, 0.25) is 0 Å². The van der Waals surface area contributed by atoms with Gasteiger partial charge in [-0.15, -0.1) is 0 Å². The Hall–Kier alpha value is -1.68. The third-order valence-corrected chi connectivity index (χ3v) is 3.65. The highest BCUT2D eigenvalue weighted by molar-refractivity contribution is 5.86. The minimum Gasteiger partial charge on any atom is -0.370 e. The standard InChI is InChI=1S/C17H24N2O2/c1-5-19-14-10-8-7-9-13(14)18-16(19)11-15(20)17(12(3)4)21-6-2/h7-10,12,17H,5-6,11H2,1-4H3. The van der Waals surface area contributed by atoms with Gasteiger partial charge < -0.3 is 9.30 Å². The van der Waals surface area contributed by atoms with E-state index in [1.54, 1.807) is 0 Å². The van der Waals surface area contributed by atoms with Gasteiger partial charge in [0.1, 0.15) is 11.9 Å².